The van der Waals surface area contributed by atoms with Crippen molar-refractivity contribution in [1.29, 1.82) is 0 Å². The second kappa shape index (κ2) is 5.88. The van der Waals surface area contributed by atoms with E-state index in [0.717, 1.165) is 31.6 Å². The topological polar surface area (TPSA) is 67.6 Å². The minimum atomic E-state index is -0.380. The highest BCUT2D eigenvalue weighted by Gasteiger charge is 2.25. The molecule has 1 aliphatic rings. The number of benzene rings is 1. The molecule has 6 nitrogen and oxygen atoms in total. The molecule has 1 aromatic rings. The molecule has 0 aliphatic carbocycles. The summed E-state index contributed by atoms with van der Waals surface area (Å²) >= 11 is 0. The molecule has 1 N–H and O–H groups in total. The van der Waals surface area contributed by atoms with Crippen molar-refractivity contribution in [1.82, 2.24) is 5.32 Å². The highest BCUT2D eigenvalue weighted by molar-refractivity contribution is 5.59. The normalized spacial score (nSPS) is 18.6. The van der Waals surface area contributed by atoms with Gasteiger partial charge in [-0.15, -0.1) is 0 Å². The molecule has 0 spiro atoms. The Labute approximate surface area is 112 Å². The first-order valence-corrected chi connectivity index (χ1v) is 6.40. The Morgan fingerprint density at radius 2 is 2.32 bits per heavy atom. The number of nitrogens with zero attached hydrogens (tertiary/aromatic N) is 2. The highest BCUT2D eigenvalue weighted by atomic mass is 16.6. The summed E-state index contributed by atoms with van der Waals surface area (Å²) in [6, 6.07) is 5.32. The maximum Gasteiger partial charge on any atom is 0.275 e. The number of likely N-dealkylation sites (N-methyl/N-ethyl adjacent to an activating group) is 1. The van der Waals surface area contributed by atoms with E-state index < -0.39 is 0 Å². The zero-order valence-electron chi connectivity index (χ0n) is 11.3. The van der Waals surface area contributed by atoms with E-state index in [9.17, 15) is 10.1 Å². The fourth-order valence-electron chi connectivity index (χ4n) is 2.58. The van der Waals surface area contributed by atoms with Crippen LogP contribution in [0, 0.1) is 10.1 Å². The first kappa shape index (κ1) is 13.6. The van der Waals surface area contributed by atoms with Crippen LogP contribution in [-0.4, -0.2) is 38.2 Å². The molecule has 6 heteroatoms. The molecule has 0 amide bonds. The van der Waals surface area contributed by atoms with Gasteiger partial charge in [-0.3, -0.25) is 10.1 Å². The summed E-state index contributed by atoms with van der Waals surface area (Å²) in [5, 5.41) is 14.1. The average Bonchev–Trinajstić information content (AvgIpc) is 2.87. The van der Waals surface area contributed by atoms with Crippen LogP contribution in [0.5, 0.6) is 5.75 Å². The third kappa shape index (κ3) is 2.96. The maximum absolute atomic E-state index is 11.0. The fourth-order valence-corrected chi connectivity index (χ4v) is 2.58. The molecule has 1 unspecified atom stereocenters. The van der Waals surface area contributed by atoms with Crippen molar-refractivity contribution < 1.29 is 9.66 Å². The Bertz CT molecular complexity index is 464. The van der Waals surface area contributed by atoms with Crippen LogP contribution in [0.4, 0.5) is 11.4 Å². The molecule has 2 rings (SSSR count). The van der Waals surface area contributed by atoms with Gasteiger partial charge in [-0.2, -0.15) is 0 Å². The van der Waals surface area contributed by atoms with Crippen LogP contribution in [0.1, 0.15) is 12.8 Å². The molecule has 1 atom stereocenters. The van der Waals surface area contributed by atoms with Gasteiger partial charge in [-0.1, -0.05) is 0 Å². The number of anilines is 1. The number of rotatable bonds is 5. The monoisotopic (exact) mass is 265 g/mol. The molecule has 0 bridgehead atoms. The molecule has 1 aromatic carbocycles. The first-order chi connectivity index (χ1) is 9.15. The molecule has 104 valence electrons. The number of nitrogens with one attached hydrogen (secondary N) is 1. The Morgan fingerprint density at radius 3 is 2.95 bits per heavy atom. The zero-order chi connectivity index (χ0) is 13.8. The lowest BCUT2D eigenvalue weighted by molar-refractivity contribution is -0.384. The maximum atomic E-state index is 11.0. The van der Waals surface area contributed by atoms with Crippen molar-refractivity contribution >= 4 is 11.4 Å². The molecular formula is C13H19N3O3. The molecule has 1 aliphatic heterocycles. The van der Waals surface area contributed by atoms with Crippen molar-refractivity contribution in [2.45, 2.75) is 18.9 Å². The van der Waals surface area contributed by atoms with Crippen molar-refractivity contribution in [2.75, 3.05) is 32.1 Å². The van der Waals surface area contributed by atoms with Gasteiger partial charge in [0.25, 0.3) is 5.69 Å². The summed E-state index contributed by atoms with van der Waals surface area (Å²) in [4.78, 5) is 12.8. The number of hydrogen-bond donors (Lipinski definition) is 1. The van der Waals surface area contributed by atoms with Crippen molar-refractivity contribution in [3.8, 4) is 5.75 Å². The smallest absolute Gasteiger partial charge is 0.275 e. The summed E-state index contributed by atoms with van der Waals surface area (Å²) < 4.78 is 5.15. The van der Waals surface area contributed by atoms with E-state index in [0.29, 0.717) is 11.8 Å². The summed E-state index contributed by atoms with van der Waals surface area (Å²) in [6.45, 7) is 1.81. The Morgan fingerprint density at radius 1 is 1.53 bits per heavy atom. The predicted molar refractivity (Wildman–Crippen MR) is 73.9 cm³/mol. The molecule has 1 saturated heterocycles. The molecular weight excluding hydrogens is 246 g/mol. The van der Waals surface area contributed by atoms with Crippen molar-refractivity contribution in [2.24, 2.45) is 0 Å². The van der Waals surface area contributed by atoms with Crippen LogP contribution in [-0.2, 0) is 0 Å². The van der Waals surface area contributed by atoms with Gasteiger partial charge in [0, 0.05) is 37.0 Å². The molecule has 1 heterocycles. The van der Waals surface area contributed by atoms with E-state index in [1.54, 1.807) is 6.07 Å². The lowest BCUT2D eigenvalue weighted by atomic mass is 10.2. The second-order valence-corrected chi connectivity index (χ2v) is 4.69. The zero-order valence-corrected chi connectivity index (χ0v) is 11.3. The van der Waals surface area contributed by atoms with Gasteiger partial charge in [0.05, 0.1) is 18.1 Å². The van der Waals surface area contributed by atoms with Crippen molar-refractivity contribution in [3.63, 3.8) is 0 Å². The number of ether oxygens (including phenoxy) is 1. The minimum Gasteiger partial charge on any atom is -0.496 e. The first-order valence-electron chi connectivity index (χ1n) is 6.40. The van der Waals surface area contributed by atoms with E-state index in [2.05, 4.69) is 10.2 Å². The van der Waals surface area contributed by atoms with Gasteiger partial charge < -0.3 is 15.0 Å². The molecule has 1 fully saturated rings. The lowest BCUT2D eigenvalue weighted by Gasteiger charge is -2.26. The van der Waals surface area contributed by atoms with E-state index in [-0.39, 0.29) is 10.6 Å². The van der Waals surface area contributed by atoms with Gasteiger partial charge in [0.1, 0.15) is 5.75 Å². The third-order valence-electron chi connectivity index (χ3n) is 3.47. The lowest BCUT2D eigenvalue weighted by Crippen LogP contribution is -2.36. The highest BCUT2D eigenvalue weighted by Crippen LogP contribution is 2.32. The SMILES string of the molecule is CNCC1CCCN1c1cc(OC)cc([N+](=O)[O-])c1. The van der Waals surface area contributed by atoms with Gasteiger partial charge in [-0.05, 0) is 19.9 Å². The average molecular weight is 265 g/mol. The van der Waals surface area contributed by atoms with Gasteiger partial charge >= 0.3 is 0 Å². The minimum absolute atomic E-state index is 0.0736. The van der Waals surface area contributed by atoms with Crippen LogP contribution < -0.4 is 15.0 Å². The Kier molecular flexibility index (Phi) is 4.21. The van der Waals surface area contributed by atoms with Crippen molar-refractivity contribution in [3.05, 3.63) is 28.3 Å². The molecule has 0 radical (unpaired) electrons. The molecule has 19 heavy (non-hydrogen) atoms. The summed E-state index contributed by atoms with van der Waals surface area (Å²) in [7, 11) is 3.45. The van der Waals surface area contributed by atoms with Crippen LogP contribution in [0.3, 0.4) is 0 Å². The summed E-state index contributed by atoms with van der Waals surface area (Å²) in [5.74, 6) is 0.527. The number of nitro benzene ring substituents is 1. The molecule has 0 saturated carbocycles. The second-order valence-electron chi connectivity index (χ2n) is 4.69. The van der Waals surface area contributed by atoms with E-state index in [1.165, 1.54) is 13.2 Å². The number of nitro groups is 1. The van der Waals surface area contributed by atoms with E-state index >= 15 is 0 Å². The molecule has 0 aromatic heterocycles. The van der Waals surface area contributed by atoms with Gasteiger partial charge in [0.2, 0.25) is 0 Å². The largest absolute Gasteiger partial charge is 0.496 e. The third-order valence-corrected chi connectivity index (χ3v) is 3.47. The standard InChI is InChI=1S/C13H19N3O3/c1-14-9-10-4-3-5-15(10)11-6-12(16(17)18)8-13(7-11)19-2/h6-8,10,14H,3-5,9H2,1-2H3. The van der Waals surface area contributed by atoms with Gasteiger partial charge in [-0.25, -0.2) is 0 Å². The van der Waals surface area contributed by atoms with E-state index in [1.807, 2.05) is 13.1 Å². The van der Waals surface area contributed by atoms with Gasteiger partial charge in [0.15, 0.2) is 0 Å². The summed E-state index contributed by atoms with van der Waals surface area (Å²) in [5.41, 5.74) is 0.938. The summed E-state index contributed by atoms with van der Waals surface area (Å²) in [6.07, 6.45) is 2.21. The fraction of sp³-hybridized carbons (Fsp3) is 0.538. The number of non-ortho nitro benzene ring substituents is 1. The Hall–Kier alpha value is -1.82. The van der Waals surface area contributed by atoms with Crippen LogP contribution in [0.25, 0.3) is 0 Å². The Balaban J connectivity index is 2.32. The van der Waals surface area contributed by atoms with E-state index in [4.69, 9.17) is 4.74 Å². The quantitative estimate of drug-likeness (QED) is 0.649. The number of hydrogen-bond acceptors (Lipinski definition) is 5. The van der Waals surface area contributed by atoms with Crippen LogP contribution in [0.15, 0.2) is 18.2 Å². The van der Waals surface area contributed by atoms with Crippen LogP contribution >= 0.6 is 0 Å². The predicted octanol–water partition coefficient (Wildman–Crippen LogP) is 1.79. The van der Waals surface area contributed by atoms with Crippen LogP contribution in [0.2, 0.25) is 0 Å². The number of methoxy groups -OCH3 is 1.